The van der Waals surface area contributed by atoms with Crippen LogP contribution in [0.5, 0.6) is 5.75 Å². The number of nitrogens with zero attached hydrogens (tertiary/aromatic N) is 5. The van der Waals surface area contributed by atoms with Gasteiger partial charge in [0.25, 0.3) is 0 Å². The van der Waals surface area contributed by atoms with Crippen LogP contribution in [0, 0.1) is 13.8 Å². The summed E-state index contributed by atoms with van der Waals surface area (Å²) in [7, 11) is 1.61. The van der Waals surface area contributed by atoms with Crippen molar-refractivity contribution in [1.82, 2.24) is 24.1 Å². The molecule has 154 valence electrons. The molecular formula is C20H25ClN6O2. The maximum Gasteiger partial charge on any atom is 0.330 e. The molecule has 3 aromatic rings. The molecule has 0 fully saturated rings. The number of anilines is 1. The molecule has 2 N–H and O–H groups in total. The van der Waals surface area contributed by atoms with E-state index in [1.807, 2.05) is 27.7 Å². The predicted molar refractivity (Wildman–Crippen MR) is 115 cm³/mol. The molecule has 3 rings (SSSR count). The summed E-state index contributed by atoms with van der Waals surface area (Å²) in [5.41, 5.74) is 10.2. The van der Waals surface area contributed by atoms with Gasteiger partial charge in [0, 0.05) is 12.7 Å². The van der Waals surface area contributed by atoms with Crippen molar-refractivity contribution in [1.29, 1.82) is 0 Å². The van der Waals surface area contributed by atoms with Gasteiger partial charge in [0.05, 0.1) is 19.3 Å². The highest BCUT2D eigenvalue weighted by Gasteiger charge is 2.20. The molecule has 0 saturated carbocycles. The van der Waals surface area contributed by atoms with Gasteiger partial charge in [-0.2, -0.15) is 9.97 Å². The van der Waals surface area contributed by atoms with Gasteiger partial charge in [-0.15, -0.1) is 0 Å². The first-order chi connectivity index (χ1) is 13.7. The third kappa shape index (κ3) is 3.98. The average molecular weight is 417 g/mol. The minimum Gasteiger partial charge on any atom is -0.495 e. The Labute approximate surface area is 174 Å². The lowest BCUT2D eigenvalue weighted by Gasteiger charge is -2.12. The summed E-state index contributed by atoms with van der Waals surface area (Å²) in [4.78, 5) is 26.0. The summed E-state index contributed by atoms with van der Waals surface area (Å²) in [5, 5.41) is 0.164. The zero-order valence-electron chi connectivity index (χ0n) is 17.3. The van der Waals surface area contributed by atoms with E-state index >= 15 is 0 Å². The van der Waals surface area contributed by atoms with Crippen molar-refractivity contribution < 1.29 is 4.74 Å². The van der Waals surface area contributed by atoms with Crippen LogP contribution < -0.4 is 16.2 Å². The number of aryl methyl sites for hydroxylation is 2. The second-order valence-electron chi connectivity index (χ2n) is 7.16. The van der Waals surface area contributed by atoms with E-state index in [0.717, 1.165) is 16.8 Å². The predicted octanol–water partition coefficient (Wildman–Crippen LogP) is 3.25. The van der Waals surface area contributed by atoms with Crippen LogP contribution in [0.1, 0.15) is 37.1 Å². The molecule has 0 saturated heterocycles. The minimum absolute atomic E-state index is 0.0223. The van der Waals surface area contributed by atoms with Crippen molar-refractivity contribution in [3.05, 3.63) is 50.3 Å². The molecule has 8 nitrogen and oxygen atoms in total. The lowest BCUT2D eigenvalue weighted by atomic mass is 10.1. The van der Waals surface area contributed by atoms with Gasteiger partial charge in [-0.05, 0) is 45.2 Å². The van der Waals surface area contributed by atoms with Crippen LogP contribution in [0.25, 0.3) is 11.2 Å². The first-order valence-electron chi connectivity index (χ1n) is 9.29. The summed E-state index contributed by atoms with van der Waals surface area (Å²) in [6.07, 6.45) is 4.51. The molecule has 3 aromatic heterocycles. The van der Waals surface area contributed by atoms with E-state index in [1.54, 1.807) is 22.4 Å². The van der Waals surface area contributed by atoms with Crippen molar-refractivity contribution in [2.45, 2.75) is 47.2 Å². The number of hydrogen-bond acceptors (Lipinski definition) is 6. The first-order valence-corrected chi connectivity index (χ1v) is 9.66. The molecule has 0 atom stereocenters. The van der Waals surface area contributed by atoms with E-state index < -0.39 is 0 Å². The van der Waals surface area contributed by atoms with Gasteiger partial charge in [-0.25, -0.2) is 4.79 Å². The quantitative estimate of drug-likeness (QED) is 0.489. The van der Waals surface area contributed by atoms with E-state index in [0.29, 0.717) is 29.9 Å². The number of allylic oxidation sites excluding steroid dienone is 2. The molecule has 29 heavy (non-hydrogen) atoms. The van der Waals surface area contributed by atoms with Crippen LogP contribution in [0.2, 0.25) is 5.15 Å². The van der Waals surface area contributed by atoms with E-state index in [1.165, 1.54) is 5.57 Å². The molecular weight excluding hydrogens is 392 g/mol. The molecule has 0 aromatic carbocycles. The Morgan fingerprint density at radius 1 is 1.28 bits per heavy atom. The fourth-order valence-corrected chi connectivity index (χ4v) is 3.67. The summed E-state index contributed by atoms with van der Waals surface area (Å²) in [5.74, 6) is 0.726. The fraction of sp³-hybridized carbons (Fsp3) is 0.400. The Bertz CT molecular complexity index is 1160. The van der Waals surface area contributed by atoms with E-state index in [-0.39, 0.29) is 23.3 Å². The molecule has 0 aliphatic heterocycles. The third-order valence-electron chi connectivity index (χ3n) is 4.83. The van der Waals surface area contributed by atoms with Crippen molar-refractivity contribution in [2.24, 2.45) is 0 Å². The lowest BCUT2D eigenvalue weighted by molar-refractivity contribution is 0.405. The Balaban J connectivity index is 2.17. The number of methoxy groups -OCH3 is 1. The summed E-state index contributed by atoms with van der Waals surface area (Å²) < 4.78 is 8.62. The Morgan fingerprint density at radius 2 is 2.00 bits per heavy atom. The number of rotatable bonds is 6. The van der Waals surface area contributed by atoms with Crippen LogP contribution >= 0.6 is 11.6 Å². The van der Waals surface area contributed by atoms with E-state index in [2.05, 4.69) is 21.0 Å². The van der Waals surface area contributed by atoms with Crippen LogP contribution in [0.15, 0.2) is 22.6 Å². The number of halogens is 1. The van der Waals surface area contributed by atoms with Crippen LogP contribution in [0.3, 0.4) is 0 Å². The number of ether oxygens (including phenoxy) is 1. The van der Waals surface area contributed by atoms with Crippen molar-refractivity contribution in [3.63, 3.8) is 0 Å². The number of nitrogen functional groups attached to an aromatic ring is 1. The largest absolute Gasteiger partial charge is 0.495 e. The molecule has 0 radical (unpaired) electrons. The summed E-state index contributed by atoms with van der Waals surface area (Å²) in [6.45, 7) is 8.60. The number of hydrogen-bond donors (Lipinski definition) is 1. The maximum atomic E-state index is 13.3. The van der Waals surface area contributed by atoms with Crippen LogP contribution in [-0.4, -0.2) is 31.2 Å². The van der Waals surface area contributed by atoms with Gasteiger partial charge in [0.2, 0.25) is 5.95 Å². The van der Waals surface area contributed by atoms with Gasteiger partial charge >= 0.3 is 5.69 Å². The van der Waals surface area contributed by atoms with Crippen molar-refractivity contribution in [2.75, 3.05) is 12.8 Å². The third-order valence-corrected chi connectivity index (χ3v) is 5.09. The fourth-order valence-electron chi connectivity index (χ4n) is 3.39. The Morgan fingerprint density at radius 3 is 2.66 bits per heavy atom. The van der Waals surface area contributed by atoms with Gasteiger partial charge in [0.15, 0.2) is 10.8 Å². The zero-order valence-corrected chi connectivity index (χ0v) is 18.0. The zero-order chi connectivity index (χ0) is 21.3. The maximum absolute atomic E-state index is 13.3. The molecule has 0 aliphatic carbocycles. The lowest BCUT2D eigenvalue weighted by Crippen LogP contribution is -2.25. The Hall–Kier alpha value is -2.87. The number of pyridine rings is 1. The molecule has 0 bridgehead atoms. The highest BCUT2D eigenvalue weighted by Crippen LogP contribution is 2.26. The standard InChI is InChI=1S/C20H25ClN6O2/c1-11(2)7-6-8-26-15-17(21)24-19(22)25-18(15)27(20(26)28)10-14-9-23-13(4)16(29-5)12(14)3/h7,9H,6,8,10H2,1-5H3,(H2,22,24,25). The Kier molecular flexibility index (Phi) is 5.93. The van der Waals surface area contributed by atoms with Crippen molar-refractivity contribution >= 4 is 28.7 Å². The monoisotopic (exact) mass is 416 g/mol. The minimum atomic E-state index is -0.220. The first kappa shape index (κ1) is 20.9. The number of fused-ring (bicyclic) bond motifs is 1. The van der Waals surface area contributed by atoms with Crippen LogP contribution in [0.4, 0.5) is 5.95 Å². The average Bonchev–Trinajstić information content (AvgIpc) is 2.90. The topological polar surface area (TPSA) is 101 Å². The van der Waals surface area contributed by atoms with Gasteiger partial charge < -0.3 is 10.5 Å². The summed E-state index contributed by atoms with van der Waals surface area (Å²) in [6, 6.07) is 0. The second-order valence-corrected chi connectivity index (χ2v) is 7.52. The smallest absolute Gasteiger partial charge is 0.330 e. The highest BCUT2D eigenvalue weighted by molar-refractivity contribution is 6.33. The second kappa shape index (κ2) is 8.24. The van der Waals surface area contributed by atoms with E-state index in [4.69, 9.17) is 22.1 Å². The molecule has 9 heteroatoms. The molecule has 0 aliphatic rings. The van der Waals surface area contributed by atoms with Gasteiger partial charge in [0.1, 0.15) is 11.3 Å². The molecule has 0 unspecified atom stereocenters. The number of aromatic nitrogens is 5. The van der Waals surface area contributed by atoms with Crippen LogP contribution in [-0.2, 0) is 13.1 Å². The SMILES string of the molecule is COc1c(C)ncc(Cn2c(=O)n(CCC=C(C)C)c3c(Cl)nc(N)nc32)c1C. The number of imidazole rings is 1. The van der Waals surface area contributed by atoms with E-state index in [9.17, 15) is 4.79 Å². The molecule has 3 heterocycles. The van der Waals surface area contributed by atoms with Crippen molar-refractivity contribution in [3.8, 4) is 5.75 Å². The molecule has 0 spiro atoms. The normalized spacial score (nSPS) is 11.1. The molecule has 0 amide bonds. The number of nitrogens with two attached hydrogens (primary N) is 1. The van der Waals surface area contributed by atoms with Gasteiger partial charge in [-0.3, -0.25) is 14.1 Å². The summed E-state index contributed by atoms with van der Waals surface area (Å²) >= 11 is 6.35. The van der Waals surface area contributed by atoms with Gasteiger partial charge in [-0.1, -0.05) is 23.3 Å². The highest BCUT2D eigenvalue weighted by atomic mass is 35.5.